The number of imidazole rings is 1. The number of aromatic nitrogens is 3. The molecule has 0 aliphatic rings. The minimum absolute atomic E-state index is 0.00676. The van der Waals surface area contributed by atoms with Crippen LogP contribution in [-0.2, 0) is 0 Å². The van der Waals surface area contributed by atoms with Gasteiger partial charge >= 0.3 is 0 Å². The molecule has 0 bridgehead atoms. The molecule has 2 heterocycles. The smallest absolute Gasteiger partial charge is 0.128 e. The Kier molecular flexibility index (Phi) is 3.87. The summed E-state index contributed by atoms with van der Waals surface area (Å²) >= 11 is 12.7. The predicted molar refractivity (Wildman–Crippen MR) is 87.1 cm³/mol. The van der Waals surface area contributed by atoms with E-state index >= 15 is 0 Å². The maximum Gasteiger partial charge on any atom is 0.128 e. The maximum atomic E-state index is 6.39. The lowest BCUT2D eigenvalue weighted by Crippen LogP contribution is -2.12. The molecule has 5 heteroatoms. The highest BCUT2D eigenvalue weighted by molar-refractivity contribution is 6.35. The van der Waals surface area contributed by atoms with Crippen molar-refractivity contribution in [2.75, 3.05) is 0 Å². The van der Waals surface area contributed by atoms with Gasteiger partial charge in [-0.2, -0.15) is 0 Å². The van der Waals surface area contributed by atoms with E-state index in [-0.39, 0.29) is 11.4 Å². The SMILES string of the molecule is CC(Cl)c1nc2cccc(Cl)c2n1C(C)c1ccccn1. The van der Waals surface area contributed by atoms with Gasteiger partial charge in [0.25, 0.3) is 0 Å². The van der Waals surface area contributed by atoms with Crippen LogP contribution in [0.4, 0.5) is 0 Å². The molecule has 0 fully saturated rings. The Labute approximate surface area is 133 Å². The first-order chi connectivity index (χ1) is 10.1. The molecule has 0 N–H and O–H groups in total. The number of para-hydroxylation sites is 1. The topological polar surface area (TPSA) is 30.7 Å². The van der Waals surface area contributed by atoms with Gasteiger partial charge in [0.2, 0.25) is 0 Å². The third-order valence-electron chi connectivity index (χ3n) is 3.55. The van der Waals surface area contributed by atoms with Crippen LogP contribution in [0.3, 0.4) is 0 Å². The molecule has 0 aliphatic heterocycles. The fourth-order valence-corrected chi connectivity index (χ4v) is 2.97. The van der Waals surface area contributed by atoms with Gasteiger partial charge in [-0.25, -0.2) is 4.98 Å². The van der Waals surface area contributed by atoms with E-state index in [0.717, 1.165) is 22.6 Å². The molecule has 0 radical (unpaired) electrons. The highest BCUT2D eigenvalue weighted by Crippen LogP contribution is 2.33. The lowest BCUT2D eigenvalue weighted by Gasteiger charge is -2.18. The van der Waals surface area contributed by atoms with Crippen molar-refractivity contribution in [1.82, 2.24) is 14.5 Å². The molecule has 0 amide bonds. The van der Waals surface area contributed by atoms with Crippen molar-refractivity contribution < 1.29 is 0 Å². The lowest BCUT2D eigenvalue weighted by atomic mass is 10.2. The highest BCUT2D eigenvalue weighted by Gasteiger charge is 2.22. The van der Waals surface area contributed by atoms with E-state index in [1.807, 2.05) is 43.3 Å². The summed E-state index contributed by atoms with van der Waals surface area (Å²) in [5.41, 5.74) is 2.71. The van der Waals surface area contributed by atoms with Crippen molar-refractivity contribution in [2.45, 2.75) is 25.3 Å². The highest BCUT2D eigenvalue weighted by atomic mass is 35.5. The van der Waals surface area contributed by atoms with Gasteiger partial charge in [-0.05, 0) is 38.1 Å². The lowest BCUT2D eigenvalue weighted by molar-refractivity contribution is 0.603. The van der Waals surface area contributed by atoms with E-state index in [2.05, 4.69) is 21.5 Å². The number of halogens is 2. The van der Waals surface area contributed by atoms with E-state index < -0.39 is 0 Å². The normalized spacial score (nSPS) is 14.3. The van der Waals surface area contributed by atoms with Crippen LogP contribution >= 0.6 is 23.2 Å². The van der Waals surface area contributed by atoms with Gasteiger partial charge in [0.05, 0.1) is 33.2 Å². The molecule has 21 heavy (non-hydrogen) atoms. The Morgan fingerprint density at radius 3 is 2.57 bits per heavy atom. The molecule has 3 aromatic rings. The molecule has 0 aliphatic carbocycles. The number of rotatable bonds is 3. The Hall–Kier alpha value is -1.58. The summed E-state index contributed by atoms with van der Waals surface area (Å²) in [5.74, 6) is 0.804. The van der Waals surface area contributed by atoms with E-state index in [9.17, 15) is 0 Å². The molecule has 2 unspecified atom stereocenters. The molecule has 0 saturated carbocycles. The molecule has 2 atom stereocenters. The minimum atomic E-state index is -0.209. The van der Waals surface area contributed by atoms with Gasteiger partial charge in [-0.15, -0.1) is 11.6 Å². The molecule has 3 nitrogen and oxygen atoms in total. The third kappa shape index (κ3) is 2.52. The molecular weight excluding hydrogens is 305 g/mol. The molecule has 3 rings (SSSR count). The molecule has 1 aromatic carbocycles. The fraction of sp³-hybridized carbons (Fsp3) is 0.250. The first kappa shape index (κ1) is 14.4. The monoisotopic (exact) mass is 319 g/mol. The zero-order valence-electron chi connectivity index (χ0n) is 11.8. The average molecular weight is 320 g/mol. The van der Waals surface area contributed by atoms with E-state index in [1.165, 1.54) is 0 Å². The first-order valence-electron chi connectivity index (χ1n) is 6.81. The van der Waals surface area contributed by atoms with Gasteiger partial charge in [0, 0.05) is 6.20 Å². The fourth-order valence-electron chi connectivity index (χ4n) is 2.55. The summed E-state index contributed by atoms with van der Waals surface area (Å²) in [7, 11) is 0. The number of fused-ring (bicyclic) bond motifs is 1. The molecule has 108 valence electrons. The number of benzene rings is 1. The van der Waals surface area contributed by atoms with Crippen molar-refractivity contribution in [2.24, 2.45) is 0 Å². The maximum absolute atomic E-state index is 6.39. The number of nitrogens with zero attached hydrogens (tertiary/aromatic N) is 3. The zero-order valence-corrected chi connectivity index (χ0v) is 13.3. The van der Waals surface area contributed by atoms with Crippen molar-refractivity contribution in [3.8, 4) is 0 Å². The van der Waals surface area contributed by atoms with Crippen LogP contribution in [0.2, 0.25) is 5.02 Å². The Morgan fingerprint density at radius 2 is 1.90 bits per heavy atom. The van der Waals surface area contributed by atoms with Crippen molar-refractivity contribution in [3.05, 3.63) is 59.1 Å². The molecular formula is C16H15Cl2N3. The van der Waals surface area contributed by atoms with Gasteiger partial charge in [0.1, 0.15) is 5.82 Å². The number of pyridine rings is 1. The second kappa shape index (κ2) is 5.66. The van der Waals surface area contributed by atoms with Crippen LogP contribution in [0.25, 0.3) is 11.0 Å². The van der Waals surface area contributed by atoms with Gasteiger partial charge < -0.3 is 4.57 Å². The summed E-state index contributed by atoms with van der Waals surface area (Å²) in [6, 6.07) is 11.6. The summed E-state index contributed by atoms with van der Waals surface area (Å²) in [5, 5.41) is 0.464. The van der Waals surface area contributed by atoms with E-state index in [0.29, 0.717) is 5.02 Å². The van der Waals surface area contributed by atoms with Gasteiger partial charge in [-0.3, -0.25) is 4.98 Å². The first-order valence-corrected chi connectivity index (χ1v) is 7.62. The second-order valence-electron chi connectivity index (χ2n) is 4.99. The van der Waals surface area contributed by atoms with Gasteiger partial charge in [-0.1, -0.05) is 23.7 Å². The number of hydrogen-bond donors (Lipinski definition) is 0. The molecule has 0 saturated heterocycles. The van der Waals surface area contributed by atoms with E-state index in [1.54, 1.807) is 6.20 Å². The van der Waals surface area contributed by atoms with Crippen LogP contribution in [0, 0.1) is 0 Å². The Bertz CT molecular complexity index is 766. The number of hydrogen-bond acceptors (Lipinski definition) is 2. The van der Waals surface area contributed by atoms with Crippen molar-refractivity contribution >= 4 is 34.2 Å². The molecule has 2 aromatic heterocycles. The third-order valence-corrected chi connectivity index (χ3v) is 4.05. The van der Waals surface area contributed by atoms with Crippen LogP contribution in [0.1, 0.15) is 36.8 Å². The number of alkyl halides is 1. The average Bonchev–Trinajstić information content (AvgIpc) is 2.88. The summed E-state index contributed by atoms with van der Waals surface area (Å²) in [6.07, 6.45) is 1.79. The van der Waals surface area contributed by atoms with Crippen LogP contribution in [0.5, 0.6) is 0 Å². The molecule has 0 spiro atoms. The zero-order chi connectivity index (χ0) is 15.0. The summed E-state index contributed by atoms with van der Waals surface area (Å²) in [4.78, 5) is 9.08. The minimum Gasteiger partial charge on any atom is -0.317 e. The van der Waals surface area contributed by atoms with Crippen LogP contribution in [-0.4, -0.2) is 14.5 Å². The summed E-state index contributed by atoms with van der Waals surface area (Å²) < 4.78 is 2.08. The second-order valence-corrected chi connectivity index (χ2v) is 6.06. The Morgan fingerprint density at radius 1 is 1.10 bits per heavy atom. The van der Waals surface area contributed by atoms with Crippen LogP contribution < -0.4 is 0 Å². The largest absolute Gasteiger partial charge is 0.317 e. The standard InChI is InChI=1S/C16H15Cl2N3/c1-10(17)16-20-14-8-5-6-12(18)15(14)21(16)11(2)13-7-3-4-9-19-13/h3-11H,1-2H3. The van der Waals surface area contributed by atoms with Gasteiger partial charge in [0.15, 0.2) is 0 Å². The predicted octanol–water partition coefficient (Wildman–Crippen LogP) is 4.99. The Balaban J connectivity index is 2.27. The quantitative estimate of drug-likeness (QED) is 0.636. The van der Waals surface area contributed by atoms with E-state index in [4.69, 9.17) is 23.2 Å². The van der Waals surface area contributed by atoms with Crippen LogP contribution in [0.15, 0.2) is 42.6 Å². The summed E-state index contributed by atoms with van der Waals surface area (Å²) in [6.45, 7) is 3.99. The van der Waals surface area contributed by atoms with Crippen molar-refractivity contribution in [3.63, 3.8) is 0 Å². The van der Waals surface area contributed by atoms with Crippen molar-refractivity contribution in [1.29, 1.82) is 0 Å².